The van der Waals surface area contributed by atoms with Gasteiger partial charge in [-0.25, -0.2) is 4.98 Å². The summed E-state index contributed by atoms with van der Waals surface area (Å²) >= 11 is 2.81. The Morgan fingerprint density at radius 1 is 1.03 bits per heavy atom. The number of nitrogens with one attached hydrogen (secondary N) is 2. The highest BCUT2D eigenvalue weighted by Crippen LogP contribution is 2.28. The molecule has 1 aromatic heterocycles. The van der Waals surface area contributed by atoms with Crippen molar-refractivity contribution in [1.29, 1.82) is 0 Å². The average molecular weight is 444 g/mol. The predicted octanol–water partition coefficient (Wildman–Crippen LogP) is 4.45. The minimum Gasteiger partial charge on any atom is -0.493 e. The van der Waals surface area contributed by atoms with Crippen LogP contribution >= 0.6 is 23.1 Å². The molecule has 0 aliphatic rings. The molecule has 7 nitrogen and oxygen atoms in total. The second kappa shape index (κ2) is 10.1. The molecule has 0 aliphatic carbocycles. The van der Waals surface area contributed by atoms with Crippen molar-refractivity contribution >= 4 is 45.7 Å². The van der Waals surface area contributed by atoms with Crippen molar-refractivity contribution in [3.05, 3.63) is 59.1 Å². The number of benzene rings is 2. The van der Waals surface area contributed by atoms with Crippen LogP contribution in [0.15, 0.2) is 52.7 Å². The zero-order valence-electron chi connectivity index (χ0n) is 16.7. The maximum absolute atomic E-state index is 12.5. The third kappa shape index (κ3) is 5.74. The third-order valence-electron chi connectivity index (χ3n) is 3.99. The molecule has 0 atom stereocenters. The highest BCUT2D eigenvalue weighted by Gasteiger charge is 2.11. The number of nitrogens with zero attached hydrogens (tertiary/aromatic N) is 1. The molecular formula is C21H21N3O4S2. The SMILES string of the molecule is COc1ccc(C(=O)Nc2ccc(SCC(=O)Nc3nc(C)cs3)cc2)cc1OC. The standard InChI is InChI=1S/C21H21N3O4S2/c1-13-11-30-21(22-13)24-19(25)12-29-16-7-5-15(6-8-16)23-20(26)14-4-9-17(27-2)18(10-14)28-3/h4-11H,12H2,1-3H3,(H,23,26)(H,22,24,25). The summed E-state index contributed by atoms with van der Waals surface area (Å²) < 4.78 is 10.4. The quantitative estimate of drug-likeness (QED) is 0.500. The predicted molar refractivity (Wildman–Crippen MR) is 120 cm³/mol. The lowest BCUT2D eigenvalue weighted by atomic mass is 10.2. The molecule has 0 saturated carbocycles. The summed E-state index contributed by atoms with van der Waals surface area (Å²) in [6, 6.07) is 12.3. The van der Waals surface area contributed by atoms with E-state index in [1.165, 1.54) is 30.2 Å². The van der Waals surface area contributed by atoms with Crippen molar-refractivity contribution in [2.75, 3.05) is 30.6 Å². The van der Waals surface area contributed by atoms with E-state index in [2.05, 4.69) is 15.6 Å². The van der Waals surface area contributed by atoms with Gasteiger partial charge in [0, 0.05) is 21.5 Å². The molecule has 1 heterocycles. The Morgan fingerprint density at radius 3 is 2.40 bits per heavy atom. The molecule has 2 amide bonds. The van der Waals surface area contributed by atoms with Gasteiger partial charge in [-0.05, 0) is 49.4 Å². The largest absolute Gasteiger partial charge is 0.493 e. The summed E-state index contributed by atoms with van der Waals surface area (Å²) in [6.07, 6.45) is 0. The zero-order valence-corrected chi connectivity index (χ0v) is 18.4. The lowest BCUT2D eigenvalue weighted by molar-refractivity contribution is -0.113. The van der Waals surface area contributed by atoms with Crippen LogP contribution in [-0.2, 0) is 4.79 Å². The Morgan fingerprint density at radius 2 is 1.77 bits per heavy atom. The van der Waals surface area contributed by atoms with Crippen molar-refractivity contribution in [2.24, 2.45) is 0 Å². The van der Waals surface area contributed by atoms with Gasteiger partial charge in [-0.15, -0.1) is 23.1 Å². The van der Waals surface area contributed by atoms with Gasteiger partial charge in [0.05, 0.1) is 25.7 Å². The molecule has 3 rings (SSSR count). The smallest absolute Gasteiger partial charge is 0.255 e. The normalized spacial score (nSPS) is 10.4. The van der Waals surface area contributed by atoms with Gasteiger partial charge >= 0.3 is 0 Å². The first-order valence-electron chi connectivity index (χ1n) is 8.96. The summed E-state index contributed by atoms with van der Waals surface area (Å²) in [4.78, 5) is 29.6. The molecule has 0 bridgehead atoms. The number of aryl methyl sites for hydroxylation is 1. The Balaban J connectivity index is 1.54. The molecule has 3 aromatic rings. The minimum atomic E-state index is -0.255. The van der Waals surface area contributed by atoms with E-state index >= 15 is 0 Å². The summed E-state index contributed by atoms with van der Waals surface area (Å²) in [7, 11) is 3.06. The molecule has 2 aromatic carbocycles. The van der Waals surface area contributed by atoms with Gasteiger partial charge in [-0.1, -0.05) is 0 Å². The fourth-order valence-corrected chi connectivity index (χ4v) is 3.93. The second-order valence-corrected chi connectivity index (χ2v) is 8.09. The molecule has 156 valence electrons. The lowest BCUT2D eigenvalue weighted by Crippen LogP contribution is -2.13. The molecule has 0 aliphatic heterocycles. The van der Waals surface area contributed by atoms with E-state index < -0.39 is 0 Å². The summed E-state index contributed by atoms with van der Waals surface area (Å²) in [5.41, 5.74) is 2.00. The number of aromatic nitrogens is 1. The van der Waals surface area contributed by atoms with E-state index in [1.807, 2.05) is 24.4 Å². The number of carbonyl (C=O) groups excluding carboxylic acids is 2. The van der Waals surface area contributed by atoms with Crippen LogP contribution in [0.4, 0.5) is 10.8 Å². The Hall–Kier alpha value is -3.04. The molecule has 0 fully saturated rings. The highest BCUT2D eigenvalue weighted by molar-refractivity contribution is 8.00. The van der Waals surface area contributed by atoms with Gasteiger partial charge in [0.1, 0.15) is 0 Å². The first-order chi connectivity index (χ1) is 14.5. The molecule has 30 heavy (non-hydrogen) atoms. The van der Waals surface area contributed by atoms with Crippen LogP contribution in [-0.4, -0.2) is 36.8 Å². The first-order valence-corrected chi connectivity index (χ1v) is 10.8. The number of carbonyl (C=O) groups is 2. The summed E-state index contributed by atoms with van der Waals surface area (Å²) in [5, 5.41) is 8.11. The van der Waals surface area contributed by atoms with Crippen molar-refractivity contribution in [1.82, 2.24) is 4.98 Å². The maximum Gasteiger partial charge on any atom is 0.255 e. The number of ether oxygens (including phenoxy) is 2. The fraction of sp³-hybridized carbons (Fsp3) is 0.190. The number of hydrogen-bond acceptors (Lipinski definition) is 7. The van der Waals surface area contributed by atoms with Gasteiger partial charge in [0.2, 0.25) is 5.91 Å². The van der Waals surface area contributed by atoms with Gasteiger partial charge in [0.15, 0.2) is 16.6 Å². The number of thiazole rings is 1. The molecular weight excluding hydrogens is 422 g/mol. The number of thioether (sulfide) groups is 1. The first kappa shape index (κ1) is 21.7. The van der Waals surface area contributed by atoms with E-state index in [9.17, 15) is 9.59 Å². The van der Waals surface area contributed by atoms with Gasteiger partial charge in [-0.2, -0.15) is 0 Å². The Labute approximate surface area is 182 Å². The molecule has 0 saturated heterocycles. The minimum absolute atomic E-state index is 0.111. The van der Waals surface area contributed by atoms with Crippen molar-refractivity contribution in [2.45, 2.75) is 11.8 Å². The van der Waals surface area contributed by atoms with Crippen molar-refractivity contribution < 1.29 is 19.1 Å². The van der Waals surface area contributed by atoms with Crippen LogP contribution in [0.1, 0.15) is 16.1 Å². The maximum atomic E-state index is 12.5. The van der Waals surface area contributed by atoms with Crippen molar-refractivity contribution in [3.8, 4) is 11.5 Å². The summed E-state index contributed by atoms with van der Waals surface area (Å²) in [6.45, 7) is 1.88. The molecule has 9 heteroatoms. The molecule has 0 unspecified atom stereocenters. The summed E-state index contributed by atoms with van der Waals surface area (Å²) in [5.74, 6) is 0.956. The highest BCUT2D eigenvalue weighted by atomic mass is 32.2. The fourth-order valence-electron chi connectivity index (χ4n) is 2.53. The topological polar surface area (TPSA) is 89.5 Å². The van der Waals surface area contributed by atoms with Crippen LogP contribution < -0.4 is 20.1 Å². The van der Waals surface area contributed by atoms with Gasteiger partial charge in [0.25, 0.3) is 5.91 Å². The monoisotopic (exact) mass is 443 g/mol. The van der Waals surface area contributed by atoms with Crippen LogP contribution in [0.5, 0.6) is 11.5 Å². The number of anilines is 2. The van der Waals surface area contributed by atoms with Crippen LogP contribution in [0, 0.1) is 6.92 Å². The third-order valence-corrected chi connectivity index (χ3v) is 5.88. The number of rotatable bonds is 8. The van der Waals surface area contributed by atoms with E-state index in [1.54, 1.807) is 37.4 Å². The number of hydrogen-bond donors (Lipinski definition) is 2. The van der Waals surface area contributed by atoms with Crippen LogP contribution in [0.25, 0.3) is 0 Å². The molecule has 0 spiro atoms. The number of methoxy groups -OCH3 is 2. The second-order valence-electron chi connectivity index (χ2n) is 6.18. The van der Waals surface area contributed by atoms with E-state index in [-0.39, 0.29) is 17.6 Å². The van der Waals surface area contributed by atoms with Crippen LogP contribution in [0.2, 0.25) is 0 Å². The van der Waals surface area contributed by atoms with Crippen LogP contribution in [0.3, 0.4) is 0 Å². The lowest BCUT2D eigenvalue weighted by Gasteiger charge is -2.10. The average Bonchev–Trinajstić information content (AvgIpc) is 3.17. The van der Waals surface area contributed by atoms with Gasteiger partial charge < -0.3 is 20.1 Å². The van der Waals surface area contributed by atoms with Crippen molar-refractivity contribution in [3.63, 3.8) is 0 Å². The Bertz CT molecular complexity index is 1030. The van der Waals surface area contributed by atoms with E-state index in [0.717, 1.165) is 10.6 Å². The van der Waals surface area contributed by atoms with E-state index in [0.29, 0.717) is 27.9 Å². The molecule has 0 radical (unpaired) electrons. The Kier molecular flexibility index (Phi) is 7.31. The van der Waals surface area contributed by atoms with E-state index in [4.69, 9.17) is 9.47 Å². The zero-order chi connectivity index (χ0) is 21.5. The number of amides is 2. The van der Waals surface area contributed by atoms with Gasteiger partial charge in [-0.3, -0.25) is 9.59 Å². The molecule has 2 N–H and O–H groups in total.